The fourth-order valence-corrected chi connectivity index (χ4v) is 5.25. The van der Waals surface area contributed by atoms with Gasteiger partial charge in [0.15, 0.2) is 9.84 Å². The highest BCUT2D eigenvalue weighted by molar-refractivity contribution is 8.00. The maximum absolute atomic E-state index is 11.8. The van der Waals surface area contributed by atoms with Crippen LogP contribution in [0.1, 0.15) is 12.6 Å². The normalized spacial score (nSPS) is 20.8. The lowest BCUT2D eigenvalue weighted by molar-refractivity contribution is 0.254. The van der Waals surface area contributed by atoms with Crippen LogP contribution in [0.3, 0.4) is 0 Å². The molecule has 1 aliphatic rings. The third-order valence-electron chi connectivity index (χ3n) is 3.44. The molecule has 0 radical (unpaired) electrons. The highest BCUT2D eigenvalue weighted by atomic mass is 32.2. The minimum atomic E-state index is -3.04. The van der Waals surface area contributed by atoms with Crippen molar-refractivity contribution in [2.75, 3.05) is 37.4 Å². The van der Waals surface area contributed by atoms with Gasteiger partial charge in [-0.3, -0.25) is 9.58 Å². The van der Waals surface area contributed by atoms with Crippen LogP contribution in [-0.2, 0) is 22.9 Å². The maximum Gasteiger partial charge on any atom is 0.164 e. The topological polar surface area (TPSA) is 80.1 Å². The highest BCUT2D eigenvalue weighted by Crippen LogP contribution is 2.20. The Hall–Kier alpha value is -0.640. The summed E-state index contributed by atoms with van der Waals surface area (Å²) in [5.74, 6) is 1.64. The van der Waals surface area contributed by atoms with Gasteiger partial charge in [0.2, 0.25) is 0 Å². The standard InChI is InChI=1S/C12H23N5O2S2/c1-3-13-8-11-9-17(15-14-11)5-4-16-6-7-20-10-12(16)21(2,18)19/h9,12-13H,3-8,10H2,1-2H3. The summed E-state index contributed by atoms with van der Waals surface area (Å²) in [5, 5.41) is 11.0. The number of nitrogens with zero attached hydrogens (tertiary/aromatic N) is 4. The predicted octanol–water partition coefficient (Wildman–Crippen LogP) is -0.193. The minimum Gasteiger partial charge on any atom is -0.311 e. The van der Waals surface area contributed by atoms with E-state index in [-0.39, 0.29) is 5.37 Å². The van der Waals surface area contributed by atoms with E-state index in [1.54, 1.807) is 16.4 Å². The molecule has 120 valence electrons. The van der Waals surface area contributed by atoms with Gasteiger partial charge in [-0.1, -0.05) is 12.1 Å². The number of nitrogens with one attached hydrogen (secondary N) is 1. The molecule has 1 aromatic heterocycles. The van der Waals surface area contributed by atoms with Crippen molar-refractivity contribution in [3.63, 3.8) is 0 Å². The highest BCUT2D eigenvalue weighted by Gasteiger charge is 2.30. The molecule has 1 saturated heterocycles. The van der Waals surface area contributed by atoms with Crippen molar-refractivity contribution in [1.29, 1.82) is 0 Å². The van der Waals surface area contributed by atoms with E-state index in [9.17, 15) is 8.42 Å². The molecular weight excluding hydrogens is 310 g/mol. The molecule has 0 aliphatic carbocycles. The third kappa shape index (κ3) is 4.94. The van der Waals surface area contributed by atoms with Crippen LogP contribution >= 0.6 is 11.8 Å². The summed E-state index contributed by atoms with van der Waals surface area (Å²) in [5.41, 5.74) is 0.908. The first-order valence-corrected chi connectivity index (χ1v) is 10.2. The van der Waals surface area contributed by atoms with Gasteiger partial charge < -0.3 is 5.32 Å². The molecule has 9 heteroatoms. The van der Waals surface area contributed by atoms with Crippen LogP contribution in [0.4, 0.5) is 0 Å². The zero-order valence-corrected chi connectivity index (χ0v) is 14.2. The van der Waals surface area contributed by atoms with Gasteiger partial charge in [-0.15, -0.1) is 5.10 Å². The van der Waals surface area contributed by atoms with Crippen molar-refractivity contribution in [3.8, 4) is 0 Å². The van der Waals surface area contributed by atoms with E-state index in [0.29, 0.717) is 25.4 Å². The second kappa shape index (κ2) is 7.57. The first-order valence-electron chi connectivity index (χ1n) is 7.11. The lowest BCUT2D eigenvalue weighted by Gasteiger charge is -2.33. The summed E-state index contributed by atoms with van der Waals surface area (Å²) >= 11 is 1.70. The van der Waals surface area contributed by atoms with Crippen LogP contribution in [0, 0.1) is 0 Å². The van der Waals surface area contributed by atoms with E-state index < -0.39 is 9.84 Å². The van der Waals surface area contributed by atoms with Crippen molar-refractivity contribution in [1.82, 2.24) is 25.2 Å². The van der Waals surface area contributed by atoms with Crippen molar-refractivity contribution in [3.05, 3.63) is 11.9 Å². The Labute approximate surface area is 130 Å². The Balaban J connectivity index is 1.90. The molecule has 0 saturated carbocycles. The SMILES string of the molecule is CCNCc1cn(CCN2CCSCC2S(C)(=O)=O)nn1. The van der Waals surface area contributed by atoms with E-state index in [1.165, 1.54) is 6.26 Å². The van der Waals surface area contributed by atoms with E-state index in [4.69, 9.17) is 0 Å². The average molecular weight is 333 g/mol. The summed E-state index contributed by atoms with van der Waals surface area (Å²) < 4.78 is 25.5. The monoisotopic (exact) mass is 333 g/mol. The van der Waals surface area contributed by atoms with Gasteiger partial charge in [0.25, 0.3) is 0 Å². The van der Waals surface area contributed by atoms with Gasteiger partial charge in [0.05, 0.1) is 12.2 Å². The summed E-state index contributed by atoms with van der Waals surface area (Å²) in [6.45, 7) is 5.81. The van der Waals surface area contributed by atoms with E-state index in [0.717, 1.165) is 24.5 Å². The zero-order chi connectivity index (χ0) is 15.3. The Kier molecular flexibility index (Phi) is 6.03. The maximum atomic E-state index is 11.8. The minimum absolute atomic E-state index is 0.374. The smallest absolute Gasteiger partial charge is 0.164 e. The van der Waals surface area contributed by atoms with Gasteiger partial charge in [0, 0.05) is 43.6 Å². The third-order valence-corrected chi connectivity index (χ3v) is 6.13. The van der Waals surface area contributed by atoms with E-state index >= 15 is 0 Å². The Morgan fingerprint density at radius 3 is 3.00 bits per heavy atom. The van der Waals surface area contributed by atoms with Gasteiger partial charge in [-0.25, -0.2) is 8.42 Å². The Bertz CT molecular complexity index is 546. The molecule has 1 fully saturated rings. The fourth-order valence-electron chi connectivity index (χ4n) is 2.28. The number of sulfone groups is 1. The summed E-state index contributed by atoms with van der Waals surface area (Å²) in [6.07, 6.45) is 3.23. The van der Waals surface area contributed by atoms with Crippen molar-refractivity contribution < 1.29 is 8.42 Å². The number of thioether (sulfide) groups is 1. The largest absolute Gasteiger partial charge is 0.311 e. The molecule has 1 aliphatic heterocycles. The molecule has 0 spiro atoms. The lowest BCUT2D eigenvalue weighted by Crippen LogP contribution is -2.47. The molecule has 1 unspecified atom stereocenters. The van der Waals surface area contributed by atoms with Crippen LogP contribution in [0.15, 0.2) is 6.20 Å². The number of aromatic nitrogens is 3. The predicted molar refractivity (Wildman–Crippen MR) is 84.9 cm³/mol. The van der Waals surface area contributed by atoms with Crippen LogP contribution in [0.5, 0.6) is 0 Å². The van der Waals surface area contributed by atoms with Crippen LogP contribution in [-0.4, -0.2) is 71.1 Å². The summed E-state index contributed by atoms with van der Waals surface area (Å²) in [4.78, 5) is 2.04. The van der Waals surface area contributed by atoms with E-state index in [1.807, 2.05) is 18.0 Å². The molecule has 2 heterocycles. The Morgan fingerprint density at radius 2 is 2.29 bits per heavy atom. The molecule has 7 nitrogen and oxygen atoms in total. The Morgan fingerprint density at radius 1 is 1.48 bits per heavy atom. The number of rotatable bonds is 7. The van der Waals surface area contributed by atoms with Crippen LogP contribution in [0.25, 0.3) is 0 Å². The molecule has 0 amide bonds. The number of hydrogen-bond acceptors (Lipinski definition) is 7. The quantitative estimate of drug-likeness (QED) is 0.740. The average Bonchev–Trinajstić information content (AvgIpc) is 2.90. The molecular formula is C12H23N5O2S2. The van der Waals surface area contributed by atoms with Gasteiger partial charge in [-0.2, -0.15) is 11.8 Å². The molecule has 0 bridgehead atoms. The van der Waals surface area contributed by atoms with Gasteiger partial charge in [0.1, 0.15) is 5.37 Å². The summed E-state index contributed by atoms with van der Waals surface area (Å²) in [7, 11) is -3.04. The van der Waals surface area contributed by atoms with Crippen molar-refractivity contribution in [2.24, 2.45) is 0 Å². The lowest BCUT2D eigenvalue weighted by atomic mass is 10.4. The van der Waals surface area contributed by atoms with Crippen molar-refractivity contribution in [2.45, 2.75) is 25.4 Å². The molecule has 1 aromatic rings. The first kappa shape index (κ1) is 16.7. The zero-order valence-electron chi connectivity index (χ0n) is 12.5. The van der Waals surface area contributed by atoms with Gasteiger partial charge >= 0.3 is 0 Å². The van der Waals surface area contributed by atoms with Gasteiger partial charge in [-0.05, 0) is 6.54 Å². The van der Waals surface area contributed by atoms with E-state index in [2.05, 4.69) is 15.6 Å². The van der Waals surface area contributed by atoms with Crippen LogP contribution in [0.2, 0.25) is 0 Å². The van der Waals surface area contributed by atoms with Crippen LogP contribution < -0.4 is 5.32 Å². The molecule has 0 aromatic carbocycles. The fraction of sp³-hybridized carbons (Fsp3) is 0.833. The van der Waals surface area contributed by atoms with Crippen molar-refractivity contribution >= 4 is 21.6 Å². The molecule has 21 heavy (non-hydrogen) atoms. The second-order valence-corrected chi connectivity index (χ2v) is 8.50. The first-order chi connectivity index (χ1) is 10.0. The molecule has 1 atom stereocenters. The summed E-state index contributed by atoms with van der Waals surface area (Å²) in [6, 6.07) is 0. The number of hydrogen-bond donors (Lipinski definition) is 1. The molecule has 1 N–H and O–H groups in total. The molecule has 2 rings (SSSR count). The second-order valence-electron chi connectivity index (χ2n) is 5.15.